The van der Waals surface area contributed by atoms with Crippen LogP contribution in [0.5, 0.6) is 0 Å². The molecule has 0 radical (unpaired) electrons. The minimum absolute atomic E-state index is 0. The van der Waals surface area contributed by atoms with Gasteiger partial charge in [0.25, 0.3) is 0 Å². The van der Waals surface area contributed by atoms with Crippen LogP contribution in [0.1, 0.15) is 5.56 Å². The second kappa shape index (κ2) is 10.4. The van der Waals surface area contributed by atoms with Gasteiger partial charge in [0.2, 0.25) is 5.91 Å². The van der Waals surface area contributed by atoms with Crippen molar-refractivity contribution in [2.75, 3.05) is 27.2 Å². The summed E-state index contributed by atoms with van der Waals surface area (Å²) in [5, 5.41) is 8.67. The highest BCUT2D eigenvalue weighted by Crippen LogP contribution is 2.03. The van der Waals surface area contributed by atoms with Gasteiger partial charge in [0, 0.05) is 27.2 Å². The maximum absolute atomic E-state index is 12.7. The molecule has 112 valence electrons. The molecule has 0 heterocycles. The van der Waals surface area contributed by atoms with E-state index in [1.54, 1.807) is 26.2 Å². The van der Waals surface area contributed by atoms with Crippen LogP contribution in [0.15, 0.2) is 29.3 Å². The van der Waals surface area contributed by atoms with Gasteiger partial charge in [-0.2, -0.15) is 0 Å². The van der Waals surface area contributed by atoms with Crippen molar-refractivity contribution >= 4 is 35.8 Å². The molecule has 20 heavy (non-hydrogen) atoms. The number of halogens is 2. The number of nitrogens with one attached hydrogen (secondary N) is 3. The second-order valence-corrected chi connectivity index (χ2v) is 3.90. The summed E-state index contributed by atoms with van der Waals surface area (Å²) in [6, 6.07) is 5.91. The molecule has 0 aliphatic carbocycles. The molecular weight excluding hydrogens is 374 g/mol. The fourth-order valence-corrected chi connectivity index (χ4v) is 1.51. The average molecular weight is 394 g/mol. The minimum atomic E-state index is -0.299. The Labute approximate surface area is 135 Å². The van der Waals surface area contributed by atoms with Crippen LogP contribution in [-0.2, 0) is 11.2 Å². The number of hydrogen-bond donors (Lipinski definition) is 3. The second-order valence-electron chi connectivity index (χ2n) is 3.90. The van der Waals surface area contributed by atoms with Crippen LogP contribution in [0.2, 0.25) is 0 Å². The Morgan fingerprint density at radius 3 is 2.35 bits per heavy atom. The molecule has 0 atom stereocenters. The Morgan fingerprint density at radius 1 is 1.20 bits per heavy atom. The fraction of sp³-hybridized carbons (Fsp3) is 0.385. The van der Waals surface area contributed by atoms with E-state index in [1.807, 2.05) is 0 Å². The normalized spacial score (nSPS) is 10.4. The summed E-state index contributed by atoms with van der Waals surface area (Å²) in [5.41, 5.74) is 0.790. The van der Waals surface area contributed by atoms with Crippen LogP contribution in [0, 0.1) is 5.82 Å². The number of hydrogen-bond acceptors (Lipinski definition) is 2. The van der Waals surface area contributed by atoms with Gasteiger partial charge in [-0.05, 0) is 17.7 Å². The molecule has 1 rings (SSSR count). The van der Waals surface area contributed by atoms with Gasteiger partial charge in [0.1, 0.15) is 5.82 Å². The van der Waals surface area contributed by atoms with Crippen molar-refractivity contribution in [2.45, 2.75) is 6.42 Å². The Kier molecular flexibility index (Phi) is 9.69. The van der Waals surface area contributed by atoms with Crippen molar-refractivity contribution in [3.63, 3.8) is 0 Å². The Morgan fingerprint density at radius 2 is 1.80 bits per heavy atom. The number of aliphatic imine (C=N–C) groups is 1. The molecule has 1 amide bonds. The van der Waals surface area contributed by atoms with E-state index >= 15 is 0 Å². The van der Waals surface area contributed by atoms with E-state index in [-0.39, 0.29) is 42.1 Å². The highest BCUT2D eigenvalue weighted by molar-refractivity contribution is 14.0. The van der Waals surface area contributed by atoms with E-state index in [0.29, 0.717) is 19.0 Å². The van der Waals surface area contributed by atoms with Crippen LogP contribution in [0.25, 0.3) is 0 Å². The Bertz CT molecular complexity index is 437. The lowest BCUT2D eigenvalue weighted by molar-refractivity contribution is -0.120. The topological polar surface area (TPSA) is 65.5 Å². The monoisotopic (exact) mass is 394 g/mol. The maximum Gasteiger partial charge on any atom is 0.224 e. The van der Waals surface area contributed by atoms with Crippen molar-refractivity contribution in [1.82, 2.24) is 16.0 Å². The first kappa shape index (κ1) is 18.6. The van der Waals surface area contributed by atoms with Gasteiger partial charge in [-0.15, -0.1) is 24.0 Å². The van der Waals surface area contributed by atoms with Gasteiger partial charge in [-0.3, -0.25) is 9.79 Å². The number of rotatable bonds is 5. The highest BCUT2D eigenvalue weighted by atomic mass is 127. The van der Waals surface area contributed by atoms with E-state index in [1.165, 1.54) is 12.1 Å². The van der Waals surface area contributed by atoms with Crippen LogP contribution in [0.3, 0.4) is 0 Å². The lowest BCUT2D eigenvalue weighted by Crippen LogP contribution is -2.40. The molecule has 1 aromatic carbocycles. The van der Waals surface area contributed by atoms with Gasteiger partial charge in [0.15, 0.2) is 5.96 Å². The van der Waals surface area contributed by atoms with Crippen molar-refractivity contribution in [3.05, 3.63) is 35.6 Å². The molecule has 0 bridgehead atoms. The van der Waals surface area contributed by atoms with Gasteiger partial charge in [-0.1, -0.05) is 12.1 Å². The Balaban J connectivity index is 0.00000361. The van der Waals surface area contributed by atoms with Crippen LogP contribution in [0.4, 0.5) is 4.39 Å². The van der Waals surface area contributed by atoms with Gasteiger partial charge >= 0.3 is 0 Å². The van der Waals surface area contributed by atoms with E-state index in [9.17, 15) is 9.18 Å². The average Bonchev–Trinajstić information content (AvgIpc) is 2.42. The molecule has 0 aliphatic heterocycles. The van der Waals surface area contributed by atoms with Crippen molar-refractivity contribution < 1.29 is 9.18 Å². The summed E-state index contributed by atoms with van der Waals surface area (Å²) >= 11 is 0. The Hall–Kier alpha value is -1.38. The summed E-state index contributed by atoms with van der Waals surface area (Å²) in [6.45, 7) is 1.09. The lowest BCUT2D eigenvalue weighted by atomic mass is 10.1. The SMILES string of the molecule is CN=C(NC)NCCNC(=O)Cc1ccc(F)cc1.I. The standard InChI is InChI=1S/C13H19FN4O.HI/c1-15-13(16-2)18-8-7-17-12(19)9-10-3-5-11(14)6-4-10;/h3-6H,7-9H2,1-2H3,(H,17,19)(H2,15,16,18);1H. The zero-order valence-corrected chi connectivity index (χ0v) is 13.9. The molecule has 7 heteroatoms. The molecule has 0 fully saturated rings. The zero-order chi connectivity index (χ0) is 14.1. The van der Waals surface area contributed by atoms with Gasteiger partial charge < -0.3 is 16.0 Å². The number of amides is 1. The predicted molar refractivity (Wildman–Crippen MR) is 89.0 cm³/mol. The van der Waals surface area contributed by atoms with Gasteiger partial charge in [-0.25, -0.2) is 4.39 Å². The van der Waals surface area contributed by atoms with Crippen LogP contribution in [-0.4, -0.2) is 39.1 Å². The van der Waals surface area contributed by atoms with Gasteiger partial charge in [0.05, 0.1) is 6.42 Å². The summed E-state index contributed by atoms with van der Waals surface area (Å²) < 4.78 is 12.7. The molecule has 1 aromatic rings. The molecule has 3 N–H and O–H groups in total. The molecule has 0 aromatic heterocycles. The number of carbonyl (C=O) groups is 1. The summed E-state index contributed by atoms with van der Waals surface area (Å²) in [5.74, 6) is 0.285. The maximum atomic E-state index is 12.7. The van der Waals surface area contributed by atoms with E-state index in [0.717, 1.165) is 5.56 Å². The molecular formula is C13H20FIN4O. The van der Waals surface area contributed by atoms with E-state index in [4.69, 9.17) is 0 Å². The van der Waals surface area contributed by atoms with Crippen molar-refractivity contribution in [2.24, 2.45) is 4.99 Å². The lowest BCUT2D eigenvalue weighted by Gasteiger charge is -2.09. The number of guanidine groups is 1. The molecule has 0 spiro atoms. The molecule has 0 unspecified atom stereocenters. The van der Waals surface area contributed by atoms with Crippen molar-refractivity contribution in [1.29, 1.82) is 0 Å². The number of benzene rings is 1. The third kappa shape index (κ3) is 7.27. The molecule has 5 nitrogen and oxygen atoms in total. The molecule has 0 aliphatic rings. The highest BCUT2D eigenvalue weighted by Gasteiger charge is 2.03. The molecule has 0 saturated heterocycles. The first-order valence-electron chi connectivity index (χ1n) is 6.05. The first-order valence-corrected chi connectivity index (χ1v) is 6.05. The number of carbonyl (C=O) groups excluding carboxylic acids is 1. The van der Waals surface area contributed by atoms with E-state index in [2.05, 4.69) is 20.9 Å². The van der Waals surface area contributed by atoms with Crippen LogP contribution >= 0.6 is 24.0 Å². The third-order valence-electron chi connectivity index (χ3n) is 2.48. The predicted octanol–water partition coefficient (Wildman–Crippen LogP) is 0.897. The van der Waals surface area contributed by atoms with E-state index < -0.39 is 0 Å². The van der Waals surface area contributed by atoms with Crippen molar-refractivity contribution in [3.8, 4) is 0 Å². The zero-order valence-electron chi connectivity index (χ0n) is 11.6. The number of nitrogens with zero attached hydrogens (tertiary/aromatic N) is 1. The fourth-order valence-electron chi connectivity index (χ4n) is 1.51. The minimum Gasteiger partial charge on any atom is -0.359 e. The summed E-state index contributed by atoms with van der Waals surface area (Å²) in [6.07, 6.45) is 0.251. The first-order chi connectivity index (χ1) is 9.15. The smallest absolute Gasteiger partial charge is 0.224 e. The third-order valence-corrected chi connectivity index (χ3v) is 2.48. The molecule has 0 saturated carbocycles. The quantitative estimate of drug-likeness (QED) is 0.301. The van der Waals surface area contributed by atoms with Crippen LogP contribution < -0.4 is 16.0 Å². The summed E-state index contributed by atoms with van der Waals surface area (Å²) in [4.78, 5) is 15.5. The summed E-state index contributed by atoms with van der Waals surface area (Å²) in [7, 11) is 3.44. The largest absolute Gasteiger partial charge is 0.359 e.